The van der Waals surface area contributed by atoms with Crippen LogP contribution in [0.4, 0.5) is 4.39 Å². The molecule has 2 rings (SSSR count). The number of hydrogen-bond donors (Lipinski definition) is 1. The van der Waals surface area contributed by atoms with E-state index in [0.717, 1.165) is 25.7 Å². The van der Waals surface area contributed by atoms with E-state index >= 15 is 0 Å². The minimum atomic E-state index is -0.404. The molecule has 0 unspecified atom stereocenters. The second-order valence-corrected chi connectivity index (χ2v) is 6.79. The molecular formula is C13H14Br2FNO. The lowest BCUT2D eigenvalue weighted by atomic mass is 9.95. The summed E-state index contributed by atoms with van der Waals surface area (Å²) in [5.74, 6) is -0.605. The number of nitrogens with one attached hydrogen (secondary N) is 1. The zero-order valence-corrected chi connectivity index (χ0v) is 12.9. The van der Waals surface area contributed by atoms with Crippen molar-refractivity contribution >= 4 is 37.8 Å². The van der Waals surface area contributed by atoms with Gasteiger partial charge >= 0.3 is 0 Å². The fourth-order valence-electron chi connectivity index (χ4n) is 2.15. The van der Waals surface area contributed by atoms with Crippen molar-refractivity contribution < 1.29 is 9.18 Å². The predicted octanol–water partition coefficient (Wildman–Crippen LogP) is 4.02. The van der Waals surface area contributed by atoms with Crippen molar-refractivity contribution in [1.29, 1.82) is 0 Å². The van der Waals surface area contributed by atoms with E-state index < -0.39 is 5.82 Å². The maximum atomic E-state index is 13.2. The average Bonchev–Trinajstić information content (AvgIpc) is 2.31. The lowest BCUT2D eigenvalue weighted by Crippen LogP contribution is -2.37. The highest BCUT2D eigenvalue weighted by atomic mass is 79.9. The van der Waals surface area contributed by atoms with Gasteiger partial charge in [0.1, 0.15) is 5.82 Å². The smallest absolute Gasteiger partial charge is 0.251 e. The predicted molar refractivity (Wildman–Crippen MR) is 76.5 cm³/mol. The van der Waals surface area contributed by atoms with E-state index in [1.807, 2.05) is 0 Å². The van der Waals surface area contributed by atoms with Crippen molar-refractivity contribution in [1.82, 2.24) is 5.32 Å². The molecule has 1 N–H and O–H groups in total. The molecule has 1 aromatic rings. The van der Waals surface area contributed by atoms with Gasteiger partial charge in [0, 0.05) is 20.9 Å². The van der Waals surface area contributed by atoms with Crippen LogP contribution in [0.25, 0.3) is 0 Å². The Bertz CT molecular complexity index is 424. The third-order valence-electron chi connectivity index (χ3n) is 3.12. The molecule has 1 fully saturated rings. The molecule has 2 nitrogen and oxygen atoms in total. The molecule has 0 bridgehead atoms. The van der Waals surface area contributed by atoms with Crippen molar-refractivity contribution in [3.63, 3.8) is 0 Å². The van der Waals surface area contributed by atoms with Crippen molar-refractivity contribution in [3.05, 3.63) is 34.1 Å². The Morgan fingerprint density at radius 1 is 1.22 bits per heavy atom. The Kier molecular flexibility index (Phi) is 4.78. The van der Waals surface area contributed by atoms with Gasteiger partial charge in [-0.3, -0.25) is 4.79 Å². The molecule has 1 aliphatic carbocycles. The molecule has 1 amide bonds. The van der Waals surface area contributed by atoms with Crippen LogP contribution < -0.4 is 5.32 Å². The summed E-state index contributed by atoms with van der Waals surface area (Å²) in [6, 6.07) is 4.44. The number of rotatable bonds is 2. The zero-order chi connectivity index (χ0) is 13.1. The van der Waals surface area contributed by atoms with Gasteiger partial charge in [-0.05, 0) is 43.9 Å². The van der Waals surface area contributed by atoms with E-state index in [-0.39, 0.29) is 11.9 Å². The number of benzene rings is 1. The second-order valence-electron chi connectivity index (χ2n) is 4.58. The normalized spacial score (nSPS) is 23.7. The summed E-state index contributed by atoms with van der Waals surface area (Å²) in [4.78, 5) is 12.6. The van der Waals surface area contributed by atoms with Crippen LogP contribution in [0.2, 0.25) is 0 Å². The van der Waals surface area contributed by atoms with Gasteiger partial charge in [0.15, 0.2) is 0 Å². The molecule has 0 aliphatic heterocycles. The van der Waals surface area contributed by atoms with Gasteiger partial charge < -0.3 is 5.32 Å². The Balaban J connectivity index is 1.99. The maximum Gasteiger partial charge on any atom is 0.251 e. The summed E-state index contributed by atoms with van der Waals surface area (Å²) in [6.07, 6.45) is 4.08. The lowest BCUT2D eigenvalue weighted by Gasteiger charge is -2.26. The molecular weight excluding hydrogens is 365 g/mol. The molecule has 18 heavy (non-hydrogen) atoms. The maximum absolute atomic E-state index is 13.2. The Morgan fingerprint density at radius 2 is 1.89 bits per heavy atom. The molecule has 0 saturated heterocycles. The Hall–Kier alpha value is -0.420. The van der Waals surface area contributed by atoms with Gasteiger partial charge in [-0.2, -0.15) is 0 Å². The van der Waals surface area contributed by atoms with Crippen molar-refractivity contribution in [2.75, 3.05) is 0 Å². The number of amides is 1. The highest BCUT2D eigenvalue weighted by molar-refractivity contribution is 9.10. The third kappa shape index (κ3) is 3.79. The first-order chi connectivity index (χ1) is 8.54. The van der Waals surface area contributed by atoms with Crippen molar-refractivity contribution in [2.24, 2.45) is 0 Å². The number of hydrogen-bond acceptors (Lipinski definition) is 1. The highest BCUT2D eigenvalue weighted by Gasteiger charge is 2.21. The molecule has 0 spiro atoms. The second kappa shape index (κ2) is 6.15. The fourth-order valence-corrected chi connectivity index (χ4v) is 3.14. The van der Waals surface area contributed by atoms with E-state index in [9.17, 15) is 9.18 Å². The molecule has 0 radical (unpaired) electrons. The summed E-state index contributed by atoms with van der Waals surface area (Å²) in [5, 5.41) is 2.96. The van der Waals surface area contributed by atoms with Crippen molar-refractivity contribution in [2.45, 2.75) is 36.6 Å². The number of alkyl halides is 1. The summed E-state index contributed by atoms with van der Waals surface area (Å²) < 4.78 is 13.8. The molecule has 1 aliphatic rings. The van der Waals surface area contributed by atoms with Gasteiger partial charge in [-0.15, -0.1) is 0 Å². The van der Waals surface area contributed by atoms with Crippen LogP contribution in [0.1, 0.15) is 36.0 Å². The average molecular weight is 379 g/mol. The van der Waals surface area contributed by atoms with Gasteiger partial charge in [0.25, 0.3) is 5.91 Å². The zero-order valence-electron chi connectivity index (χ0n) is 9.76. The fraction of sp³-hybridized carbons (Fsp3) is 0.462. The van der Waals surface area contributed by atoms with Crippen LogP contribution in [0.15, 0.2) is 22.7 Å². The molecule has 98 valence electrons. The summed E-state index contributed by atoms with van der Waals surface area (Å²) in [7, 11) is 0. The first-order valence-electron chi connectivity index (χ1n) is 5.95. The van der Waals surface area contributed by atoms with Crippen LogP contribution in [0.5, 0.6) is 0 Å². The molecule has 0 aromatic heterocycles. The van der Waals surface area contributed by atoms with Crippen LogP contribution in [0, 0.1) is 5.82 Å². The quantitative estimate of drug-likeness (QED) is 0.773. The summed E-state index contributed by atoms with van der Waals surface area (Å²) in [5.41, 5.74) is 0.364. The molecule has 5 heteroatoms. The molecule has 0 heterocycles. The molecule has 1 saturated carbocycles. The van der Waals surface area contributed by atoms with E-state index in [0.29, 0.717) is 14.9 Å². The van der Waals surface area contributed by atoms with E-state index in [2.05, 4.69) is 37.2 Å². The van der Waals surface area contributed by atoms with Gasteiger partial charge in [-0.1, -0.05) is 31.9 Å². The number of halogens is 3. The first kappa shape index (κ1) is 14.0. The van der Waals surface area contributed by atoms with Crippen LogP contribution in [-0.4, -0.2) is 16.8 Å². The van der Waals surface area contributed by atoms with Crippen LogP contribution >= 0.6 is 31.9 Å². The third-order valence-corrected chi connectivity index (χ3v) is 4.49. The standard InChI is InChI=1S/C13H14Br2FNO/c14-9-1-3-12(4-2-9)17-13(18)8-5-10(15)7-11(16)6-8/h5-7,9,12H,1-4H2,(H,17,18). The highest BCUT2D eigenvalue weighted by Crippen LogP contribution is 2.24. The van der Waals surface area contributed by atoms with Gasteiger partial charge in [-0.25, -0.2) is 4.39 Å². The minimum absolute atomic E-state index is 0.201. The largest absolute Gasteiger partial charge is 0.349 e. The Labute approximate surface area is 123 Å². The van der Waals surface area contributed by atoms with E-state index in [4.69, 9.17) is 0 Å². The SMILES string of the molecule is O=C(NC1CCC(Br)CC1)c1cc(F)cc(Br)c1. The molecule has 0 atom stereocenters. The van der Waals surface area contributed by atoms with Crippen LogP contribution in [-0.2, 0) is 0 Å². The van der Waals surface area contributed by atoms with Crippen molar-refractivity contribution in [3.8, 4) is 0 Å². The first-order valence-corrected chi connectivity index (χ1v) is 7.66. The van der Waals surface area contributed by atoms with Gasteiger partial charge in [0.05, 0.1) is 0 Å². The summed E-state index contributed by atoms with van der Waals surface area (Å²) in [6.45, 7) is 0. The lowest BCUT2D eigenvalue weighted by molar-refractivity contribution is 0.0927. The summed E-state index contributed by atoms with van der Waals surface area (Å²) >= 11 is 6.77. The van der Waals surface area contributed by atoms with E-state index in [1.54, 1.807) is 6.07 Å². The monoisotopic (exact) mass is 377 g/mol. The Morgan fingerprint density at radius 3 is 2.50 bits per heavy atom. The van der Waals surface area contributed by atoms with Crippen LogP contribution in [0.3, 0.4) is 0 Å². The number of carbonyl (C=O) groups is 1. The molecule has 1 aromatic carbocycles. The number of carbonyl (C=O) groups excluding carboxylic acids is 1. The topological polar surface area (TPSA) is 29.1 Å². The minimum Gasteiger partial charge on any atom is -0.349 e. The van der Waals surface area contributed by atoms with E-state index in [1.165, 1.54) is 12.1 Å². The van der Waals surface area contributed by atoms with Gasteiger partial charge in [0.2, 0.25) is 0 Å².